The number of hydrogen-bond acceptors (Lipinski definition) is 3. The summed E-state index contributed by atoms with van der Waals surface area (Å²) in [5.74, 6) is 0.432. The van der Waals surface area contributed by atoms with Crippen molar-refractivity contribution >= 4 is 16.9 Å². The molecule has 0 atom stereocenters. The summed E-state index contributed by atoms with van der Waals surface area (Å²) >= 11 is 0. The topological polar surface area (TPSA) is 76.7 Å². The van der Waals surface area contributed by atoms with Gasteiger partial charge in [-0.1, -0.05) is 12.1 Å². The fourth-order valence-corrected chi connectivity index (χ4v) is 1.84. The summed E-state index contributed by atoms with van der Waals surface area (Å²) in [6.07, 6.45) is 1.58. The van der Waals surface area contributed by atoms with Crippen LogP contribution in [0.25, 0.3) is 16.7 Å². The Bertz CT molecular complexity index is 724. The van der Waals surface area contributed by atoms with Crippen molar-refractivity contribution in [2.75, 3.05) is 5.73 Å². The largest absolute Gasteiger partial charge is 0.384 e. The molecule has 3 N–H and O–H groups in total. The summed E-state index contributed by atoms with van der Waals surface area (Å²) in [6.45, 7) is 0. The maximum absolute atomic E-state index is 11.9. The molecular weight excluding hydrogens is 216 g/mol. The predicted octanol–water partition coefficient (Wildman–Crippen LogP) is 1.30. The van der Waals surface area contributed by atoms with Crippen LogP contribution in [-0.2, 0) is 0 Å². The molecule has 0 saturated carbocycles. The number of anilines is 1. The average molecular weight is 226 g/mol. The van der Waals surface area contributed by atoms with Gasteiger partial charge in [0.1, 0.15) is 5.82 Å². The summed E-state index contributed by atoms with van der Waals surface area (Å²) in [5, 5.41) is 0. The standard InChI is InChI=1S/C12H10N4O/c13-11-6-5-8(7-14-11)16-10-4-2-1-3-9(10)15-12(16)17/h1-7H,(H2,13,14)(H,15,17). The molecule has 0 aliphatic heterocycles. The number of H-pyrrole nitrogens is 1. The van der Waals surface area contributed by atoms with Gasteiger partial charge in [0.25, 0.3) is 0 Å². The number of nitrogens with two attached hydrogens (primary N) is 1. The first-order valence-corrected chi connectivity index (χ1v) is 5.17. The van der Waals surface area contributed by atoms with E-state index in [1.807, 2.05) is 24.3 Å². The molecule has 0 saturated heterocycles. The normalized spacial score (nSPS) is 10.8. The van der Waals surface area contributed by atoms with Gasteiger partial charge < -0.3 is 10.7 Å². The maximum atomic E-state index is 11.9. The molecule has 0 spiro atoms. The number of rotatable bonds is 1. The summed E-state index contributed by atoms with van der Waals surface area (Å²) in [6, 6.07) is 10.9. The first-order valence-electron chi connectivity index (χ1n) is 5.17. The van der Waals surface area contributed by atoms with E-state index in [4.69, 9.17) is 5.73 Å². The predicted molar refractivity (Wildman–Crippen MR) is 66.1 cm³/mol. The highest BCUT2D eigenvalue weighted by atomic mass is 16.1. The second-order valence-electron chi connectivity index (χ2n) is 3.72. The molecule has 5 nitrogen and oxygen atoms in total. The van der Waals surface area contributed by atoms with Crippen LogP contribution in [0.15, 0.2) is 47.4 Å². The second kappa shape index (κ2) is 3.48. The summed E-state index contributed by atoms with van der Waals surface area (Å²) in [4.78, 5) is 18.6. The van der Waals surface area contributed by atoms with E-state index in [1.165, 1.54) is 0 Å². The Morgan fingerprint density at radius 1 is 1.18 bits per heavy atom. The lowest BCUT2D eigenvalue weighted by Gasteiger charge is -2.02. The van der Waals surface area contributed by atoms with E-state index in [1.54, 1.807) is 22.9 Å². The Morgan fingerprint density at radius 3 is 2.76 bits per heavy atom. The molecule has 2 heterocycles. The van der Waals surface area contributed by atoms with Gasteiger partial charge in [-0.15, -0.1) is 0 Å². The zero-order valence-corrected chi connectivity index (χ0v) is 8.92. The van der Waals surface area contributed by atoms with Crippen LogP contribution in [0, 0.1) is 0 Å². The number of nitrogen functional groups attached to an aromatic ring is 1. The van der Waals surface area contributed by atoms with E-state index in [9.17, 15) is 4.79 Å². The Labute approximate surface area is 96.5 Å². The third-order valence-corrected chi connectivity index (χ3v) is 2.62. The van der Waals surface area contributed by atoms with Gasteiger partial charge in [-0.05, 0) is 24.3 Å². The highest BCUT2D eigenvalue weighted by molar-refractivity contribution is 5.77. The minimum atomic E-state index is -0.183. The Hall–Kier alpha value is -2.56. The zero-order chi connectivity index (χ0) is 11.8. The van der Waals surface area contributed by atoms with Crippen molar-refractivity contribution in [3.05, 3.63) is 53.1 Å². The highest BCUT2D eigenvalue weighted by Gasteiger charge is 2.07. The van der Waals surface area contributed by atoms with Crippen molar-refractivity contribution in [3.63, 3.8) is 0 Å². The molecule has 17 heavy (non-hydrogen) atoms. The van der Waals surface area contributed by atoms with Crippen LogP contribution in [-0.4, -0.2) is 14.5 Å². The van der Waals surface area contributed by atoms with Gasteiger partial charge in [-0.2, -0.15) is 0 Å². The number of aromatic nitrogens is 3. The number of fused-ring (bicyclic) bond motifs is 1. The number of nitrogens with zero attached hydrogens (tertiary/aromatic N) is 2. The Kier molecular flexibility index (Phi) is 1.98. The molecule has 2 aromatic heterocycles. The fourth-order valence-electron chi connectivity index (χ4n) is 1.84. The van der Waals surface area contributed by atoms with Crippen LogP contribution in [0.3, 0.4) is 0 Å². The summed E-state index contributed by atoms with van der Waals surface area (Å²) in [7, 11) is 0. The number of para-hydroxylation sites is 2. The molecular formula is C12H10N4O. The van der Waals surface area contributed by atoms with Gasteiger partial charge in [0.2, 0.25) is 0 Å². The lowest BCUT2D eigenvalue weighted by Crippen LogP contribution is -2.14. The molecule has 84 valence electrons. The summed E-state index contributed by atoms with van der Waals surface area (Å²) in [5.41, 5.74) is 7.66. The number of imidazole rings is 1. The molecule has 5 heteroatoms. The third kappa shape index (κ3) is 1.48. The van der Waals surface area contributed by atoms with Crippen LogP contribution < -0.4 is 11.4 Å². The quantitative estimate of drug-likeness (QED) is 0.656. The molecule has 3 rings (SSSR count). The first kappa shape index (κ1) is 9.65. The summed E-state index contributed by atoms with van der Waals surface area (Å²) < 4.78 is 1.57. The van der Waals surface area contributed by atoms with Gasteiger partial charge in [0.15, 0.2) is 0 Å². The molecule has 0 radical (unpaired) electrons. The number of benzene rings is 1. The molecule has 0 amide bonds. The minimum absolute atomic E-state index is 0.183. The number of hydrogen-bond donors (Lipinski definition) is 2. The molecule has 0 unspecified atom stereocenters. The van der Waals surface area contributed by atoms with Gasteiger partial charge >= 0.3 is 5.69 Å². The van der Waals surface area contributed by atoms with Gasteiger partial charge in [0, 0.05) is 0 Å². The SMILES string of the molecule is Nc1ccc(-n2c(=O)[nH]c3ccccc32)cn1. The Balaban J connectivity index is 2.33. The first-order chi connectivity index (χ1) is 8.25. The molecule has 0 bridgehead atoms. The molecule has 0 aliphatic carbocycles. The number of aromatic amines is 1. The van der Waals surface area contributed by atoms with Crippen molar-refractivity contribution in [3.8, 4) is 5.69 Å². The van der Waals surface area contributed by atoms with Crippen LogP contribution in [0.4, 0.5) is 5.82 Å². The lowest BCUT2D eigenvalue weighted by molar-refractivity contribution is 1.00. The van der Waals surface area contributed by atoms with E-state index in [0.717, 1.165) is 11.0 Å². The van der Waals surface area contributed by atoms with E-state index in [0.29, 0.717) is 11.5 Å². The maximum Gasteiger partial charge on any atom is 0.331 e. The van der Waals surface area contributed by atoms with Gasteiger partial charge in [-0.25, -0.2) is 9.78 Å². The van der Waals surface area contributed by atoms with Gasteiger partial charge in [0.05, 0.1) is 22.9 Å². The van der Waals surface area contributed by atoms with Crippen molar-refractivity contribution in [1.82, 2.24) is 14.5 Å². The zero-order valence-electron chi connectivity index (χ0n) is 8.92. The fraction of sp³-hybridized carbons (Fsp3) is 0. The second-order valence-corrected chi connectivity index (χ2v) is 3.72. The van der Waals surface area contributed by atoms with Crippen LogP contribution in [0.1, 0.15) is 0 Å². The monoisotopic (exact) mass is 226 g/mol. The van der Waals surface area contributed by atoms with Gasteiger partial charge in [-0.3, -0.25) is 4.57 Å². The van der Waals surface area contributed by atoms with Crippen molar-refractivity contribution in [2.24, 2.45) is 0 Å². The van der Waals surface area contributed by atoms with E-state index in [-0.39, 0.29) is 5.69 Å². The lowest BCUT2D eigenvalue weighted by atomic mass is 10.3. The smallest absolute Gasteiger partial charge is 0.331 e. The molecule has 0 aliphatic rings. The molecule has 1 aromatic carbocycles. The van der Waals surface area contributed by atoms with Crippen LogP contribution in [0.5, 0.6) is 0 Å². The van der Waals surface area contributed by atoms with Crippen LogP contribution >= 0.6 is 0 Å². The molecule has 3 aromatic rings. The number of pyridine rings is 1. The Morgan fingerprint density at radius 2 is 2.00 bits per heavy atom. The van der Waals surface area contributed by atoms with E-state index in [2.05, 4.69) is 9.97 Å². The molecule has 0 fully saturated rings. The number of nitrogens with one attached hydrogen (secondary N) is 1. The average Bonchev–Trinajstić information content (AvgIpc) is 2.66. The van der Waals surface area contributed by atoms with E-state index >= 15 is 0 Å². The minimum Gasteiger partial charge on any atom is -0.384 e. The van der Waals surface area contributed by atoms with E-state index < -0.39 is 0 Å². The van der Waals surface area contributed by atoms with Crippen molar-refractivity contribution in [2.45, 2.75) is 0 Å². The third-order valence-electron chi connectivity index (χ3n) is 2.62. The highest BCUT2D eigenvalue weighted by Crippen LogP contribution is 2.14. The van der Waals surface area contributed by atoms with Crippen molar-refractivity contribution < 1.29 is 0 Å². The van der Waals surface area contributed by atoms with Crippen LogP contribution in [0.2, 0.25) is 0 Å². The van der Waals surface area contributed by atoms with Crippen molar-refractivity contribution in [1.29, 1.82) is 0 Å².